The van der Waals surface area contributed by atoms with Crippen LogP contribution in [0.4, 0.5) is 5.69 Å². The number of rotatable bonds is 4. The Morgan fingerprint density at radius 2 is 1.92 bits per heavy atom. The highest BCUT2D eigenvalue weighted by molar-refractivity contribution is 7.86. The summed E-state index contributed by atoms with van der Waals surface area (Å²) in [6.45, 7) is 2.04. The summed E-state index contributed by atoms with van der Waals surface area (Å²) in [7, 11) is 0.980. The Morgan fingerprint density at radius 1 is 1.31 bits per heavy atom. The second kappa shape index (κ2) is 5.02. The lowest BCUT2D eigenvalue weighted by Crippen LogP contribution is -2.22. The van der Waals surface area contributed by atoms with Gasteiger partial charge in [-0.25, -0.2) is 4.21 Å². The molecule has 1 unspecified atom stereocenters. The number of benzene rings is 1. The van der Waals surface area contributed by atoms with Crippen LogP contribution in [0.2, 0.25) is 0 Å². The molecule has 0 spiro atoms. The molecule has 1 aromatic rings. The number of nitrogens with zero attached hydrogens (tertiary/aromatic N) is 1. The summed E-state index contributed by atoms with van der Waals surface area (Å²) < 4.78 is 13.4. The second-order valence-electron chi connectivity index (χ2n) is 2.86. The molecule has 0 aliphatic heterocycles. The molecule has 0 saturated heterocycles. The van der Waals surface area contributed by atoms with E-state index in [0.717, 1.165) is 17.9 Å². The van der Waals surface area contributed by atoms with Gasteiger partial charge in [0.1, 0.15) is 11.0 Å². The molecule has 0 bridgehead atoms. The maximum Gasteiger partial charge on any atom is 0.119 e. The number of anilines is 1. The molecule has 0 heterocycles. The van der Waals surface area contributed by atoms with E-state index in [1.54, 1.807) is 0 Å². The smallest absolute Gasteiger partial charge is 0.119 e. The van der Waals surface area contributed by atoms with Crippen LogP contribution in [-0.2, 0) is 11.0 Å². The lowest BCUT2D eigenvalue weighted by molar-refractivity contribution is 0.680. The van der Waals surface area contributed by atoms with Crippen molar-refractivity contribution in [2.75, 3.05) is 17.1 Å². The van der Waals surface area contributed by atoms with E-state index in [2.05, 4.69) is 0 Å². The summed E-state index contributed by atoms with van der Waals surface area (Å²) in [6, 6.07) is 9.80. The van der Waals surface area contributed by atoms with E-state index < -0.39 is 11.0 Å². The molecule has 2 nitrogen and oxygen atoms in total. The van der Waals surface area contributed by atoms with Crippen molar-refractivity contribution in [1.29, 1.82) is 0 Å². The Balaban J connectivity index is 2.68. The van der Waals surface area contributed by atoms with Crippen LogP contribution in [0.1, 0.15) is 13.3 Å². The molecule has 0 aromatic heterocycles. The largest absolute Gasteiger partial charge is 0.295 e. The third-order valence-corrected chi connectivity index (χ3v) is 3.38. The summed E-state index contributed by atoms with van der Waals surface area (Å²) in [5, 5.41) is 0. The lowest BCUT2D eigenvalue weighted by atomic mass is 10.3. The van der Waals surface area contributed by atoms with Crippen molar-refractivity contribution in [3.8, 4) is 0 Å². The minimum absolute atomic E-state index is 0.728. The highest BCUT2D eigenvalue weighted by atomic mass is 32.2. The fraction of sp³-hybridized carbons (Fsp3) is 0.400. The van der Waals surface area contributed by atoms with Crippen LogP contribution >= 0.6 is 0 Å². The van der Waals surface area contributed by atoms with Crippen LogP contribution in [0, 0.1) is 0 Å². The molecule has 0 saturated carbocycles. The van der Waals surface area contributed by atoms with Gasteiger partial charge in [0.2, 0.25) is 0 Å². The van der Waals surface area contributed by atoms with Crippen molar-refractivity contribution in [3.63, 3.8) is 0 Å². The zero-order chi connectivity index (χ0) is 9.68. The van der Waals surface area contributed by atoms with E-state index in [9.17, 15) is 4.21 Å². The number of hydrogen-bond acceptors (Lipinski definition) is 1. The normalized spacial score (nSPS) is 12.5. The molecule has 3 heteroatoms. The average molecular weight is 197 g/mol. The minimum Gasteiger partial charge on any atom is -0.295 e. The van der Waals surface area contributed by atoms with Gasteiger partial charge in [-0.1, -0.05) is 25.1 Å². The zero-order valence-corrected chi connectivity index (χ0v) is 8.88. The Hall–Kier alpha value is -0.830. The SMILES string of the molecule is CCCS(=O)N(C)c1ccccc1. The Bertz CT molecular complexity index is 274. The predicted octanol–water partition coefficient (Wildman–Crippen LogP) is 2.20. The molecule has 0 radical (unpaired) electrons. The standard InChI is InChI=1S/C10H15NOS/c1-3-9-13(12)11(2)10-7-5-4-6-8-10/h4-8H,3,9H2,1-2H3. The molecule has 1 rings (SSSR count). The van der Waals surface area contributed by atoms with Crippen LogP contribution < -0.4 is 4.31 Å². The third-order valence-electron chi connectivity index (χ3n) is 1.80. The summed E-state index contributed by atoms with van der Waals surface area (Å²) in [5.74, 6) is 0.728. The monoisotopic (exact) mass is 197 g/mol. The first kappa shape index (κ1) is 10.3. The average Bonchev–Trinajstić information content (AvgIpc) is 2.18. The molecular weight excluding hydrogens is 182 g/mol. The summed E-state index contributed by atoms with van der Waals surface area (Å²) in [5.41, 5.74) is 1.01. The quantitative estimate of drug-likeness (QED) is 0.724. The maximum atomic E-state index is 11.6. The third kappa shape index (κ3) is 2.84. The first-order valence-electron chi connectivity index (χ1n) is 4.43. The van der Waals surface area contributed by atoms with Gasteiger partial charge >= 0.3 is 0 Å². The van der Waals surface area contributed by atoms with E-state index in [4.69, 9.17) is 0 Å². The first-order chi connectivity index (χ1) is 6.25. The maximum absolute atomic E-state index is 11.6. The van der Waals surface area contributed by atoms with Gasteiger partial charge < -0.3 is 0 Å². The molecule has 0 N–H and O–H groups in total. The van der Waals surface area contributed by atoms with Crippen LogP contribution in [0.5, 0.6) is 0 Å². The Labute approximate surface area is 82.2 Å². The summed E-state index contributed by atoms with van der Waals surface area (Å²) in [4.78, 5) is 0. The lowest BCUT2D eigenvalue weighted by Gasteiger charge is -2.17. The first-order valence-corrected chi connectivity index (χ1v) is 5.70. The van der Waals surface area contributed by atoms with Crippen LogP contribution in [0.25, 0.3) is 0 Å². The second-order valence-corrected chi connectivity index (χ2v) is 4.46. The Kier molecular flexibility index (Phi) is 3.96. The zero-order valence-electron chi connectivity index (χ0n) is 8.06. The molecule has 0 fully saturated rings. The van der Waals surface area contributed by atoms with Crippen LogP contribution in [0.3, 0.4) is 0 Å². The van der Waals surface area contributed by atoms with Crippen LogP contribution in [0.15, 0.2) is 30.3 Å². The van der Waals surface area contributed by atoms with Crippen molar-refractivity contribution in [2.45, 2.75) is 13.3 Å². The summed E-state index contributed by atoms with van der Waals surface area (Å²) >= 11 is 0. The predicted molar refractivity (Wildman–Crippen MR) is 58.1 cm³/mol. The van der Waals surface area contributed by atoms with Gasteiger partial charge in [-0.05, 0) is 18.6 Å². The van der Waals surface area contributed by atoms with Gasteiger partial charge in [0.25, 0.3) is 0 Å². The highest BCUT2D eigenvalue weighted by Gasteiger charge is 2.06. The van der Waals surface area contributed by atoms with Gasteiger partial charge in [-0.15, -0.1) is 0 Å². The Morgan fingerprint density at radius 3 is 2.46 bits per heavy atom. The number of hydrogen-bond donors (Lipinski definition) is 0. The van der Waals surface area contributed by atoms with Gasteiger partial charge in [0.05, 0.1) is 0 Å². The fourth-order valence-corrected chi connectivity index (χ4v) is 2.05. The number of para-hydroxylation sites is 1. The van der Waals surface area contributed by atoms with E-state index >= 15 is 0 Å². The molecule has 1 aromatic carbocycles. The van der Waals surface area contributed by atoms with Crippen LogP contribution in [-0.4, -0.2) is 17.0 Å². The molecule has 72 valence electrons. The van der Waals surface area contributed by atoms with Crippen molar-refractivity contribution in [3.05, 3.63) is 30.3 Å². The molecule has 0 aliphatic carbocycles. The summed E-state index contributed by atoms with van der Waals surface area (Å²) in [6.07, 6.45) is 0.948. The van der Waals surface area contributed by atoms with Gasteiger partial charge in [-0.3, -0.25) is 4.31 Å². The highest BCUT2D eigenvalue weighted by Crippen LogP contribution is 2.13. The van der Waals surface area contributed by atoms with E-state index in [0.29, 0.717) is 0 Å². The van der Waals surface area contributed by atoms with Gasteiger partial charge in [0.15, 0.2) is 0 Å². The van der Waals surface area contributed by atoms with E-state index in [1.807, 2.05) is 48.6 Å². The van der Waals surface area contributed by atoms with Crippen molar-refractivity contribution < 1.29 is 4.21 Å². The fourth-order valence-electron chi connectivity index (χ4n) is 1.07. The van der Waals surface area contributed by atoms with E-state index in [1.165, 1.54) is 0 Å². The topological polar surface area (TPSA) is 20.3 Å². The van der Waals surface area contributed by atoms with Crippen molar-refractivity contribution in [2.24, 2.45) is 0 Å². The molecule has 1 atom stereocenters. The molecular formula is C10H15NOS. The van der Waals surface area contributed by atoms with Crippen molar-refractivity contribution in [1.82, 2.24) is 0 Å². The molecule has 0 amide bonds. The molecule has 13 heavy (non-hydrogen) atoms. The van der Waals surface area contributed by atoms with Gasteiger partial charge in [0, 0.05) is 18.5 Å². The van der Waals surface area contributed by atoms with Crippen molar-refractivity contribution >= 4 is 16.7 Å². The minimum atomic E-state index is -0.882. The van der Waals surface area contributed by atoms with E-state index in [-0.39, 0.29) is 0 Å². The van der Waals surface area contributed by atoms with Gasteiger partial charge in [-0.2, -0.15) is 0 Å². The molecule has 0 aliphatic rings.